The van der Waals surface area contributed by atoms with Crippen LogP contribution in [0.5, 0.6) is 0 Å². The molecule has 0 radical (unpaired) electrons. The molecule has 0 aromatic carbocycles. The molecule has 4 aliphatic rings. The van der Waals surface area contributed by atoms with E-state index in [0.29, 0.717) is 5.92 Å². The number of hydrogen-bond donors (Lipinski definition) is 0. The van der Waals surface area contributed by atoms with Gasteiger partial charge in [0.05, 0.1) is 0 Å². The molecule has 5 rings (SSSR count). The van der Waals surface area contributed by atoms with E-state index in [1.807, 2.05) is 12.1 Å². The smallest absolute Gasteiger partial charge is 0.302 e. The van der Waals surface area contributed by atoms with Crippen LogP contribution in [-0.2, 0) is 9.53 Å². The van der Waals surface area contributed by atoms with Gasteiger partial charge in [-0.1, -0.05) is 31.1 Å². The molecule has 0 amide bonds. The van der Waals surface area contributed by atoms with Crippen LogP contribution in [0.4, 0.5) is 0 Å². The van der Waals surface area contributed by atoms with Crippen LogP contribution in [0.25, 0.3) is 6.08 Å². The molecule has 0 spiro atoms. The Balaban J connectivity index is 1.41. The van der Waals surface area contributed by atoms with E-state index in [0.717, 1.165) is 54.4 Å². The van der Waals surface area contributed by atoms with Crippen LogP contribution < -0.4 is 4.73 Å². The quantitative estimate of drug-likeness (QED) is 0.270. The normalized spacial score (nSPS) is 40.5. The van der Waals surface area contributed by atoms with Gasteiger partial charge in [0.1, 0.15) is 6.10 Å². The van der Waals surface area contributed by atoms with E-state index in [-0.39, 0.29) is 22.9 Å². The molecule has 3 saturated carbocycles. The largest absolute Gasteiger partial charge is 0.618 e. The number of pyridine rings is 1. The number of nitrogens with zero attached hydrogens (tertiary/aromatic N) is 1. The SMILES string of the molecule is CC(=O)O[C@H]1CC[C@@]2(C)C(=CC[C@@H]3[C@@H]2CC[C@]2(C)/C(=C/c4cccc[n+]4[O-])CC[C@@H]32)C1. The van der Waals surface area contributed by atoms with Crippen molar-refractivity contribution < 1.29 is 14.3 Å². The maximum absolute atomic E-state index is 12.2. The van der Waals surface area contributed by atoms with E-state index in [1.54, 1.807) is 17.8 Å². The molecule has 1 aromatic rings. The summed E-state index contributed by atoms with van der Waals surface area (Å²) in [6, 6.07) is 5.68. The fourth-order valence-electron chi connectivity index (χ4n) is 7.78. The Hall–Kier alpha value is -2.10. The first kappa shape index (κ1) is 20.8. The molecule has 31 heavy (non-hydrogen) atoms. The Morgan fingerprint density at radius 3 is 2.71 bits per heavy atom. The number of aromatic nitrogens is 1. The van der Waals surface area contributed by atoms with Crippen LogP contribution in [0.3, 0.4) is 0 Å². The van der Waals surface area contributed by atoms with Crippen molar-refractivity contribution in [2.24, 2.45) is 28.6 Å². The predicted molar refractivity (Wildman–Crippen MR) is 121 cm³/mol. The molecule has 0 saturated heterocycles. The summed E-state index contributed by atoms with van der Waals surface area (Å²) < 4.78 is 6.57. The summed E-state index contributed by atoms with van der Waals surface area (Å²) in [6.45, 7) is 6.47. The third-order valence-corrected chi connectivity index (χ3v) is 9.42. The average Bonchev–Trinajstić information content (AvgIpc) is 3.06. The summed E-state index contributed by atoms with van der Waals surface area (Å²) in [5.41, 5.74) is 4.25. The van der Waals surface area contributed by atoms with Gasteiger partial charge in [-0.05, 0) is 79.6 Å². The molecule has 0 aliphatic heterocycles. The Labute approximate surface area is 186 Å². The second-order valence-electron chi connectivity index (χ2n) is 10.8. The summed E-state index contributed by atoms with van der Waals surface area (Å²) in [5.74, 6) is 1.99. The van der Waals surface area contributed by atoms with Crippen LogP contribution in [0.1, 0.15) is 77.8 Å². The summed E-state index contributed by atoms with van der Waals surface area (Å²) >= 11 is 0. The van der Waals surface area contributed by atoms with Crippen LogP contribution in [0, 0.1) is 33.8 Å². The zero-order chi connectivity index (χ0) is 21.8. The van der Waals surface area contributed by atoms with E-state index in [1.165, 1.54) is 31.8 Å². The number of allylic oxidation sites excluding steroid dienone is 2. The molecule has 4 nitrogen and oxygen atoms in total. The summed E-state index contributed by atoms with van der Waals surface area (Å²) in [5, 5.41) is 12.2. The zero-order valence-corrected chi connectivity index (χ0v) is 19.1. The molecule has 4 aliphatic carbocycles. The highest BCUT2D eigenvalue weighted by Crippen LogP contribution is 2.66. The highest BCUT2D eigenvalue weighted by atomic mass is 16.5. The first-order chi connectivity index (χ1) is 14.8. The van der Waals surface area contributed by atoms with Gasteiger partial charge >= 0.3 is 5.97 Å². The van der Waals surface area contributed by atoms with Crippen molar-refractivity contribution in [3.05, 3.63) is 52.5 Å². The van der Waals surface area contributed by atoms with E-state index >= 15 is 0 Å². The molecule has 1 heterocycles. The van der Waals surface area contributed by atoms with Gasteiger partial charge in [-0.2, -0.15) is 4.73 Å². The molecule has 0 bridgehead atoms. The van der Waals surface area contributed by atoms with Gasteiger partial charge in [0.2, 0.25) is 5.69 Å². The van der Waals surface area contributed by atoms with Crippen molar-refractivity contribution in [1.82, 2.24) is 0 Å². The van der Waals surface area contributed by atoms with E-state index in [4.69, 9.17) is 4.74 Å². The number of esters is 1. The number of fused-ring (bicyclic) bond motifs is 5. The minimum absolute atomic E-state index is 0.0629. The lowest BCUT2D eigenvalue weighted by Crippen LogP contribution is -2.49. The number of rotatable bonds is 2. The lowest BCUT2D eigenvalue weighted by molar-refractivity contribution is -0.607. The lowest BCUT2D eigenvalue weighted by Gasteiger charge is -2.57. The average molecular weight is 422 g/mol. The first-order valence-electron chi connectivity index (χ1n) is 12.1. The Morgan fingerprint density at radius 2 is 1.94 bits per heavy atom. The molecule has 166 valence electrons. The summed E-state index contributed by atoms with van der Waals surface area (Å²) in [4.78, 5) is 11.5. The Bertz CT molecular complexity index is 950. The number of carbonyl (C=O) groups is 1. The number of hydrogen-bond acceptors (Lipinski definition) is 3. The van der Waals surface area contributed by atoms with Crippen molar-refractivity contribution in [2.45, 2.75) is 78.2 Å². The van der Waals surface area contributed by atoms with Gasteiger partial charge in [-0.3, -0.25) is 4.79 Å². The van der Waals surface area contributed by atoms with Crippen LogP contribution >= 0.6 is 0 Å². The monoisotopic (exact) mass is 421 g/mol. The third kappa shape index (κ3) is 3.34. The summed E-state index contributed by atoms with van der Waals surface area (Å²) in [6.07, 6.45) is 15.4. The predicted octanol–water partition coefficient (Wildman–Crippen LogP) is 5.60. The molecule has 1 aromatic heterocycles. The highest BCUT2D eigenvalue weighted by Gasteiger charge is 2.57. The molecule has 0 N–H and O–H groups in total. The molecular weight excluding hydrogens is 386 g/mol. The van der Waals surface area contributed by atoms with Gasteiger partial charge < -0.3 is 9.94 Å². The van der Waals surface area contributed by atoms with Crippen molar-refractivity contribution in [2.75, 3.05) is 0 Å². The molecular formula is C27H35NO3. The molecule has 0 unspecified atom stereocenters. The summed E-state index contributed by atoms with van der Waals surface area (Å²) in [7, 11) is 0. The van der Waals surface area contributed by atoms with E-state index in [2.05, 4.69) is 26.0 Å². The van der Waals surface area contributed by atoms with E-state index < -0.39 is 0 Å². The van der Waals surface area contributed by atoms with Crippen molar-refractivity contribution in [3.63, 3.8) is 0 Å². The molecule has 4 heteroatoms. The topological polar surface area (TPSA) is 53.2 Å². The second kappa shape index (κ2) is 7.50. The van der Waals surface area contributed by atoms with E-state index in [9.17, 15) is 10.0 Å². The fraction of sp³-hybridized carbons (Fsp3) is 0.630. The van der Waals surface area contributed by atoms with Crippen molar-refractivity contribution in [1.29, 1.82) is 0 Å². The maximum atomic E-state index is 12.2. The zero-order valence-electron chi connectivity index (χ0n) is 19.1. The minimum atomic E-state index is -0.153. The molecule has 3 fully saturated rings. The van der Waals surface area contributed by atoms with Gasteiger partial charge in [-0.25, -0.2) is 0 Å². The lowest BCUT2D eigenvalue weighted by atomic mass is 9.48. The Morgan fingerprint density at radius 1 is 1.16 bits per heavy atom. The number of carbonyl (C=O) groups excluding carboxylic acids is 1. The molecule has 6 atom stereocenters. The van der Waals surface area contributed by atoms with Crippen LogP contribution in [0.2, 0.25) is 0 Å². The number of ether oxygens (including phenoxy) is 1. The standard InChI is InChI=1S/C27H35NO3/c1-18(29)31-22-11-13-26(2)20(17-22)7-9-23-24-10-8-19(27(24,3)14-12-25(23)26)16-21-6-4-5-15-28(21)30/h4-7,15-16,22-25H,8-14,17H2,1-3H3/b19-16+/t22-,23-,24-,25-,26-,27+/m0/s1. The Kier molecular flexibility index (Phi) is 5.02. The van der Waals surface area contributed by atoms with Gasteiger partial charge in [-0.15, -0.1) is 0 Å². The van der Waals surface area contributed by atoms with Gasteiger partial charge in [0.25, 0.3) is 0 Å². The van der Waals surface area contributed by atoms with Crippen molar-refractivity contribution in [3.8, 4) is 0 Å². The third-order valence-electron chi connectivity index (χ3n) is 9.42. The first-order valence-corrected chi connectivity index (χ1v) is 12.1. The fourth-order valence-corrected chi connectivity index (χ4v) is 7.78. The van der Waals surface area contributed by atoms with Gasteiger partial charge in [0.15, 0.2) is 6.20 Å². The maximum Gasteiger partial charge on any atom is 0.302 e. The van der Waals surface area contributed by atoms with Crippen molar-refractivity contribution >= 4 is 12.0 Å². The van der Waals surface area contributed by atoms with Crippen LogP contribution in [-0.4, -0.2) is 12.1 Å². The van der Waals surface area contributed by atoms with Crippen LogP contribution in [0.15, 0.2) is 41.6 Å². The second-order valence-corrected chi connectivity index (χ2v) is 10.8. The minimum Gasteiger partial charge on any atom is -0.618 e. The van der Waals surface area contributed by atoms with Gasteiger partial charge in [0, 0.05) is 31.6 Å². The highest BCUT2D eigenvalue weighted by molar-refractivity contribution is 5.66.